The molecule has 1 aliphatic rings. The first-order valence-electron chi connectivity index (χ1n) is 8.30. The van der Waals surface area contributed by atoms with Crippen LogP contribution in [0.3, 0.4) is 0 Å². The van der Waals surface area contributed by atoms with E-state index in [1.807, 2.05) is 16.8 Å². The minimum atomic E-state index is -4.39. The van der Waals surface area contributed by atoms with Gasteiger partial charge in [0.25, 0.3) is 5.89 Å². The van der Waals surface area contributed by atoms with Crippen LogP contribution in [0.25, 0.3) is 11.5 Å². The zero-order chi connectivity index (χ0) is 19.6. The van der Waals surface area contributed by atoms with Crippen molar-refractivity contribution in [3.05, 3.63) is 22.7 Å². The second-order valence-corrected chi connectivity index (χ2v) is 7.62. The van der Waals surface area contributed by atoms with Crippen molar-refractivity contribution in [1.29, 1.82) is 0 Å². The van der Waals surface area contributed by atoms with E-state index in [0.717, 1.165) is 21.9 Å². The summed E-state index contributed by atoms with van der Waals surface area (Å²) in [6.45, 7) is 0.650. The topological polar surface area (TPSA) is 82.1 Å². The molecule has 0 amide bonds. The van der Waals surface area contributed by atoms with Crippen LogP contribution in [0, 0.1) is 0 Å². The monoisotopic (exact) mass is 432 g/mol. The predicted molar refractivity (Wildman–Crippen MR) is 96.3 cm³/mol. The highest BCUT2D eigenvalue weighted by Gasteiger charge is 2.33. The van der Waals surface area contributed by atoms with Crippen molar-refractivity contribution in [3.8, 4) is 11.5 Å². The average Bonchev–Trinajstić information content (AvgIpc) is 3.40. The van der Waals surface area contributed by atoms with E-state index < -0.39 is 12.7 Å². The van der Waals surface area contributed by atoms with Gasteiger partial charge in [0.1, 0.15) is 6.54 Å². The summed E-state index contributed by atoms with van der Waals surface area (Å²) in [6, 6.07) is 1.85. The van der Waals surface area contributed by atoms with Gasteiger partial charge in [-0.25, -0.2) is 0 Å². The van der Waals surface area contributed by atoms with E-state index in [1.54, 1.807) is 4.90 Å². The lowest BCUT2D eigenvalue weighted by Crippen LogP contribution is -2.38. The Kier molecular flexibility index (Phi) is 5.55. The lowest BCUT2D eigenvalue weighted by Gasteiger charge is -2.28. The van der Waals surface area contributed by atoms with Gasteiger partial charge in [-0.3, -0.25) is 4.57 Å². The van der Waals surface area contributed by atoms with Crippen molar-refractivity contribution in [2.75, 3.05) is 31.2 Å². The first kappa shape index (κ1) is 19.2. The average molecular weight is 432 g/mol. The SMILES string of the molecule is FC(F)(F)Cn1c(SCc2noc(-c3ccsc3)n2)nnc1N1CCOCC1. The van der Waals surface area contributed by atoms with Crippen LogP contribution in [-0.2, 0) is 17.0 Å². The molecule has 1 aliphatic heterocycles. The first-order valence-corrected chi connectivity index (χ1v) is 10.2. The quantitative estimate of drug-likeness (QED) is 0.550. The maximum absolute atomic E-state index is 13.1. The molecule has 0 spiro atoms. The Bertz CT molecular complexity index is 905. The van der Waals surface area contributed by atoms with E-state index in [1.165, 1.54) is 11.3 Å². The lowest BCUT2D eigenvalue weighted by molar-refractivity contribution is -0.141. The van der Waals surface area contributed by atoms with Crippen LogP contribution in [-0.4, -0.2) is 57.4 Å². The number of hydrogen-bond donors (Lipinski definition) is 0. The molecule has 0 N–H and O–H groups in total. The highest BCUT2D eigenvalue weighted by atomic mass is 32.2. The number of anilines is 1. The van der Waals surface area contributed by atoms with Crippen LogP contribution in [0.1, 0.15) is 5.82 Å². The summed E-state index contributed by atoms with van der Waals surface area (Å²) in [5.74, 6) is 1.16. The molecule has 0 atom stereocenters. The fourth-order valence-electron chi connectivity index (χ4n) is 2.65. The summed E-state index contributed by atoms with van der Waals surface area (Å²) in [5, 5.41) is 15.7. The molecule has 4 rings (SSSR count). The van der Waals surface area contributed by atoms with Crippen molar-refractivity contribution in [1.82, 2.24) is 24.9 Å². The number of rotatable bonds is 6. The molecule has 4 heterocycles. The highest BCUT2D eigenvalue weighted by Crippen LogP contribution is 2.29. The van der Waals surface area contributed by atoms with Gasteiger partial charge in [-0.2, -0.15) is 29.5 Å². The zero-order valence-electron chi connectivity index (χ0n) is 14.4. The largest absolute Gasteiger partial charge is 0.406 e. The number of thiophene rings is 1. The molecule has 0 saturated carbocycles. The fraction of sp³-hybridized carbons (Fsp3) is 0.467. The molecule has 0 aromatic carbocycles. The van der Waals surface area contributed by atoms with Gasteiger partial charge in [0.05, 0.1) is 24.5 Å². The number of morpholine rings is 1. The summed E-state index contributed by atoms with van der Waals surface area (Å²) < 4.78 is 50.8. The lowest BCUT2D eigenvalue weighted by atomic mass is 10.3. The number of aromatic nitrogens is 5. The third kappa shape index (κ3) is 4.47. The molecule has 28 heavy (non-hydrogen) atoms. The molecule has 13 heteroatoms. The Morgan fingerprint density at radius 2 is 2.04 bits per heavy atom. The summed E-state index contributed by atoms with van der Waals surface area (Å²) in [7, 11) is 0. The van der Waals surface area contributed by atoms with Crippen molar-refractivity contribution >= 4 is 29.0 Å². The maximum atomic E-state index is 13.1. The Morgan fingerprint density at radius 1 is 1.21 bits per heavy atom. The second kappa shape index (κ2) is 8.09. The number of nitrogens with zero attached hydrogens (tertiary/aromatic N) is 6. The first-order chi connectivity index (χ1) is 13.5. The normalized spacial score (nSPS) is 15.3. The van der Waals surface area contributed by atoms with Gasteiger partial charge in [0.2, 0.25) is 5.95 Å². The van der Waals surface area contributed by atoms with Crippen molar-refractivity contribution in [2.45, 2.75) is 23.6 Å². The molecule has 0 radical (unpaired) electrons. The van der Waals surface area contributed by atoms with Crippen LogP contribution in [0.15, 0.2) is 26.5 Å². The van der Waals surface area contributed by atoms with E-state index in [2.05, 4.69) is 20.3 Å². The van der Waals surface area contributed by atoms with Gasteiger partial charge < -0.3 is 14.2 Å². The molecule has 150 valence electrons. The van der Waals surface area contributed by atoms with E-state index >= 15 is 0 Å². The van der Waals surface area contributed by atoms with Crippen LogP contribution in [0.2, 0.25) is 0 Å². The molecular weight excluding hydrogens is 417 g/mol. The zero-order valence-corrected chi connectivity index (χ0v) is 16.1. The van der Waals surface area contributed by atoms with Crippen molar-refractivity contribution < 1.29 is 22.4 Å². The standard InChI is InChI=1S/C15H15F3N6O2S2/c16-15(17,18)9-24-13(23-2-4-25-5-3-23)20-21-14(24)28-8-11-19-12(26-22-11)10-1-6-27-7-10/h1,6-7H,2-5,8-9H2. The Labute approximate surface area is 165 Å². The number of hydrogen-bond acceptors (Lipinski definition) is 9. The van der Waals surface area contributed by atoms with E-state index in [-0.39, 0.29) is 16.9 Å². The summed E-state index contributed by atoms with van der Waals surface area (Å²) in [4.78, 5) is 6.02. The van der Waals surface area contributed by atoms with Gasteiger partial charge in [-0.15, -0.1) is 10.2 Å². The van der Waals surface area contributed by atoms with Crippen molar-refractivity contribution in [2.24, 2.45) is 0 Å². The molecule has 3 aromatic rings. The minimum absolute atomic E-state index is 0.153. The maximum Gasteiger partial charge on any atom is 0.406 e. The van der Waals surface area contributed by atoms with Gasteiger partial charge in [0, 0.05) is 18.5 Å². The van der Waals surface area contributed by atoms with Gasteiger partial charge >= 0.3 is 6.18 Å². The van der Waals surface area contributed by atoms with Gasteiger partial charge in [-0.1, -0.05) is 16.9 Å². The minimum Gasteiger partial charge on any atom is -0.378 e. The summed E-state index contributed by atoms with van der Waals surface area (Å²) >= 11 is 2.59. The Morgan fingerprint density at radius 3 is 2.75 bits per heavy atom. The molecule has 1 fully saturated rings. The second-order valence-electron chi connectivity index (χ2n) is 5.90. The molecular formula is C15H15F3N6O2S2. The highest BCUT2D eigenvalue weighted by molar-refractivity contribution is 7.98. The summed E-state index contributed by atoms with van der Waals surface area (Å²) in [6.07, 6.45) is -4.39. The predicted octanol–water partition coefficient (Wildman–Crippen LogP) is 3.08. The number of thioether (sulfide) groups is 1. The molecule has 0 bridgehead atoms. The van der Waals surface area contributed by atoms with E-state index in [4.69, 9.17) is 9.26 Å². The van der Waals surface area contributed by atoms with E-state index in [0.29, 0.717) is 38.0 Å². The number of alkyl halides is 3. The fourth-order valence-corrected chi connectivity index (χ4v) is 4.05. The van der Waals surface area contributed by atoms with E-state index in [9.17, 15) is 13.2 Å². The number of ether oxygens (including phenoxy) is 1. The van der Waals surface area contributed by atoms with Crippen LogP contribution >= 0.6 is 23.1 Å². The van der Waals surface area contributed by atoms with Gasteiger partial charge in [-0.05, 0) is 11.4 Å². The Balaban J connectivity index is 1.51. The van der Waals surface area contributed by atoms with Crippen molar-refractivity contribution in [3.63, 3.8) is 0 Å². The molecule has 8 nitrogen and oxygen atoms in total. The van der Waals surface area contributed by atoms with Crippen LogP contribution in [0.5, 0.6) is 0 Å². The smallest absolute Gasteiger partial charge is 0.378 e. The van der Waals surface area contributed by atoms with Gasteiger partial charge in [0.15, 0.2) is 11.0 Å². The van der Waals surface area contributed by atoms with Crippen LogP contribution in [0.4, 0.5) is 19.1 Å². The third-order valence-electron chi connectivity index (χ3n) is 3.90. The molecule has 3 aromatic heterocycles. The third-order valence-corrected chi connectivity index (χ3v) is 5.54. The number of halogens is 3. The Hall–Kier alpha value is -2.12. The molecule has 0 unspecified atom stereocenters. The van der Waals surface area contributed by atoms with Crippen LogP contribution < -0.4 is 4.90 Å². The molecule has 1 saturated heterocycles. The summed E-state index contributed by atoms with van der Waals surface area (Å²) in [5.41, 5.74) is 0.809. The molecule has 0 aliphatic carbocycles.